The molecule has 2 N–H and O–H groups in total. The fourth-order valence-corrected chi connectivity index (χ4v) is 3.49. The molecule has 3 amide bonds. The summed E-state index contributed by atoms with van der Waals surface area (Å²) < 4.78 is 11.2. The fraction of sp³-hybridized carbons (Fsp3) is 0.192. The molecule has 0 saturated carbocycles. The highest BCUT2D eigenvalue weighted by Crippen LogP contribution is 2.36. The predicted octanol–water partition coefficient (Wildman–Crippen LogP) is 3.77. The molecule has 0 spiro atoms. The predicted molar refractivity (Wildman–Crippen MR) is 129 cm³/mol. The van der Waals surface area contributed by atoms with Crippen LogP contribution in [-0.4, -0.2) is 37.0 Å². The van der Waals surface area contributed by atoms with Crippen molar-refractivity contribution < 1.29 is 23.9 Å². The van der Waals surface area contributed by atoms with Gasteiger partial charge >= 0.3 is 0 Å². The Labute approximate surface area is 197 Å². The molecule has 0 fully saturated rings. The molecular formula is C26H25N3O5. The average Bonchev–Trinajstić information content (AvgIpc) is 2.82. The summed E-state index contributed by atoms with van der Waals surface area (Å²) >= 11 is 0. The van der Waals surface area contributed by atoms with Gasteiger partial charge in [0, 0.05) is 11.4 Å². The van der Waals surface area contributed by atoms with Crippen molar-refractivity contribution >= 4 is 34.8 Å². The van der Waals surface area contributed by atoms with Crippen molar-refractivity contribution in [1.29, 1.82) is 0 Å². The third-order valence-corrected chi connectivity index (χ3v) is 5.20. The lowest BCUT2D eigenvalue weighted by Gasteiger charge is -2.33. The van der Waals surface area contributed by atoms with E-state index in [2.05, 4.69) is 10.6 Å². The van der Waals surface area contributed by atoms with E-state index >= 15 is 0 Å². The van der Waals surface area contributed by atoms with Crippen LogP contribution in [0.1, 0.15) is 12.5 Å². The Morgan fingerprint density at radius 3 is 2.38 bits per heavy atom. The first-order valence-corrected chi connectivity index (χ1v) is 10.9. The van der Waals surface area contributed by atoms with Crippen molar-refractivity contribution in [3.63, 3.8) is 0 Å². The molecule has 34 heavy (non-hydrogen) atoms. The first kappa shape index (κ1) is 22.8. The van der Waals surface area contributed by atoms with Gasteiger partial charge in [0.25, 0.3) is 11.8 Å². The van der Waals surface area contributed by atoms with Crippen LogP contribution in [-0.2, 0) is 14.4 Å². The van der Waals surface area contributed by atoms with Crippen LogP contribution in [0.5, 0.6) is 11.5 Å². The number of carbonyl (C=O) groups excluding carboxylic acids is 3. The molecule has 0 aliphatic carbocycles. The van der Waals surface area contributed by atoms with E-state index in [1.54, 1.807) is 49.4 Å². The van der Waals surface area contributed by atoms with E-state index in [1.165, 1.54) is 4.90 Å². The highest BCUT2D eigenvalue weighted by molar-refractivity contribution is 6.06. The molecule has 4 rings (SSSR count). The second-order valence-electron chi connectivity index (χ2n) is 7.93. The molecule has 1 aliphatic rings. The summed E-state index contributed by atoms with van der Waals surface area (Å²) in [6.07, 6.45) is -0.736. The van der Waals surface area contributed by atoms with Crippen LogP contribution in [0, 0.1) is 6.92 Å². The minimum atomic E-state index is -0.736. The molecular weight excluding hydrogens is 434 g/mol. The number of hydrogen-bond acceptors (Lipinski definition) is 5. The Morgan fingerprint density at radius 2 is 1.65 bits per heavy atom. The molecule has 8 heteroatoms. The van der Waals surface area contributed by atoms with Crippen LogP contribution in [0.15, 0.2) is 72.8 Å². The molecule has 0 aromatic heterocycles. The van der Waals surface area contributed by atoms with Crippen LogP contribution < -0.4 is 25.0 Å². The number of aryl methyl sites for hydroxylation is 1. The molecule has 0 bridgehead atoms. The van der Waals surface area contributed by atoms with Gasteiger partial charge in [-0.1, -0.05) is 35.9 Å². The monoisotopic (exact) mass is 459 g/mol. The topological polar surface area (TPSA) is 97.0 Å². The average molecular weight is 460 g/mol. The third kappa shape index (κ3) is 5.53. The van der Waals surface area contributed by atoms with E-state index in [-0.39, 0.29) is 30.9 Å². The summed E-state index contributed by atoms with van der Waals surface area (Å²) in [7, 11) is 0. The molecule has 0 radical (unpaired) electrons. The Bertz CT molecular complexity index is 1190. The highest BCUT2D eigenvalue weighted by atomic mass is 16.5. The van der Waals surface area contributed by atoms with Crippen LogP contribution >= 0.6 is 0 Å². The number of amides is 3. The highest BCUT2D eigenvalue weighted by Gasteiger charge is 2.33. The maximum Gasteiger partial charge on any atom is 0.268 e. The van der Waals surface area contributed by atoms with Crippen LogP contribution in [0.3, 0.4) is 0 Å². The van der Waals surface area contributed by atoms with Gasteiger partial charge in [-0.15, -0.1) is 0 Å². The first-order chi connectivity index (χ1) is 16.4. The van der Waals surface area contributed by atoms with E-state index in [0.29, 0.717) is 28.6 Å². The number of benzene rings is 3. The number of carbonyl (C=O) groups is 3. The zero-order chi connectivity index (χ0) is 24.1. The smallest absolute Gasteiger partial charge is 0.268 e. The molecule has 1 unspecified atom stereocenters. The fourth-order valence-electron chi connectivity index (χ4n) is 3.49. The van der Waals surface area contributed by atoms with Gasteiger partial charge in [-0.3, -0.25) is 19.3 Å². The van der Waals surface area contributed by atoms with Crippen molar-refractivity contribution in [1.82, 2.24) is 0 Å². The van der Waals surface area contributed by atoms with Gasteiger partial charge in [0.15, 0.2) is 12.7 Å². The van der Waals surface area contributed by atoms with Crippen LogP contribution in [0.25, 0.3) is 0 Å². The molecule has 174 valence electrons. The molecule has 1 atom stereocenters. The van der Waals surface area contributed by atoms with Crippen molar-refractivity contribution in [2.45, 2.75) is 20.0 Å². The number of nitrogens with zero attached hydrogens (tertiary/aromatic N) is 1. The van der Waals surface area contributed by atoms with Gasteiger partial charge in [0.05, 0.1) is 5.69 Å². The van der Waals surface area contributed by atoms with Gasteiger partial charge in [-0.25, -0.2) is 0 Å². The summed E-state index contributed by atoms with van der Waals surface area (Å²) in [6, 6.07) is 21.3. The lowest BCUT2D eigenvalue weighted by molar-refractivity contribution is -0.127. The summed E-state index contributed by atoms with van der Waals surface area (Å²) in [5.74, 6) is -0.00367. The molecule has 3 aromatic rings. The number of anilines is 3. The van der Waals surface area contributed by atoms with Gasteiger partial charge < -0.3 is 20.1 Å². The summed E-state index contributed by atoms with van der Waals surface area (Å²) in [6.45, 7) is 3.24. The van der Waals surface area contributed by atoms with Crippen molar-refractivity contribution in [2.24, 2.45) is 0 Å². The minimum Gasteiger partial charge on any atom is -0.484 e. The van der Waals surface area contributed by atoms with E-state index in [1.807, 2.05) is 37.3 Å². The zero-order valence-corrected chi connectivity index (χ0v) is 18.9. The number of para-hydroxylation sites is 1. The van der Waals surface area contributed by atoms with E-state index in [9.17, 15) is 14.4 Å². The molecule has 1 heterocycles. The minimum absolute atomic E-state index is 0.171. The van der Waals surface area contributed by atoms with Gasteiger partial charge in [-0.2, -0.15) is 0 Å². The molecule has 1 aliphatic heterocycles. The number of nitrogens with one attached hydrogen (secondary N) is 2. The number of hydrogen-bond donors (Lipinski definition) is 2. The van der Waals surface area contributed by atoms with Crippen molar-refractivity contribution in [3.05, 3.63) is 78.4 Å². The lowest BCUT2D eigenvalue weighted by atomic mass is 10.1. The SMILES string of the molecule is Cc1ccc(OCC(=O)Nc2ccc3c(c2)N(CC(=O)Nc2ccccc2)C(=O)C(C)O3)cc1. The quantitative estimate of drug-likeness (QED) is 0.561. The third-order valence-electron chi connectivity index (χ3n) is 5.20. The molecule has 3 aromatic carbocycles. The zero-order valence-electron chi connectivity index (χ0n) is 18.9. The normalized spacial score (nSPS) is 14.6. The van der Waals surface area contributed by atoms with E-state index in [4.69, 9.17) is 9.47 Å². The van der Waals surface area contributed by atoms with Crippen molar-refractivity contribution in [2.75, 3.05) is 28.7 Å². The summed E-state index contributed by atoms with van der Waals surface area (Å²) in [5.41, 5.74) is 2.59. The largest absolute Gasteiger partial charge is 0.484 e. The van der Waals surface area contributed by atoms with Crippen molar-refractivity contribution in [3.8, 4) is 11.5 Å². The van der Waals surface area contributed by atoms with Crippen LogP contribution in [0.4, 0.5) is 17.1 Å². The first-order valence-electron chi connectivity index (χ1n) is 10.9. The Kier molecular flexibility index (Phi) is 6.77. The maximum atomic E-state index is 12.8. The standard InChI is InChI=1S/C26H25N3O5/c1-17-8-11-21(12-9-17)33-16-25(31)28-20-10-13-23-22(14-20)29(26(32)18(2)34-23)15-24(30)27-19-6-4-3-5-7-19/h3-14,18H,15-16H2,1-2H3,(H,27,30)(H,28,31). The lowest BCUT2D eigenvalue weighted by Crippen LogP contribution is -2.47. The molecule has 0 saturated heterocycles. The number of rotatable bonds is 7. The number of ether oxygens (including phenoxy) is 2. The maximum absolute atomic E-state index is 12.8. The second kappa shape index (κ2) is 10.1. The van der Waals surface area contributed by atoms with Crippen LogP contribution in [0.2, 0.25) is 0 Å². The van der Waals surface area contributed by atoms with E-state index in [0.717, 1.165) is 5.56 Å². The number of fused-ring (bicyclic) bond motifs is 1. The van der Waals surface area contributed by atoms with Gasteiger partial charge in [0.2, 0.25) is 5.91 Å². The Morgan fingerprint density at radius 1 is 0.941 bits per heavy atom. The summed E-state index contributed by atoms with van der Waals surface area (Å²) in [4.78, 5) is 39.2. The summed E-state index contributed by atoms with van der Waals surface area (Å²) in [5, 5.41) is 5.53. The van der Waals surface area contributed by atoms with Gasteiger partial charge in [0.1, 0.15) is 18.0 Å². The van der Waals surface area contributed by atoms with E-state index < -0.39 is 6.10 Å². The van der Waals surface area contributed by atoms with Gasteiger partial charge in [-0.05, 0) is 56.3 Å². The second-order valence-corrected chi connectivity index (χ2v) is 7.93. The Hall–Kier alpha value is -4.33. The Balaban J connectivity index is 1.45. The molecule has 8 nitrogen and oxygen atoms in total.